The summed E-state index contributed by atoms with van der Waals surface area (Å²) in [5, 5.41) is 10.3. The van der Waals surface area contributed by atoms with Crippen molar-refractivity contribution in [2.75, 3.05) is 19.8 Å². The third-order valence-electron chi connectivity index (χ3n) is 7.89. The number of hydrogen-bond acceptors (Lipinski definition) is 6. The van der Waals surface area contributed by atoms with E-state index in [1.54, 1.807) is 9.80 Å². The molecule has 6 atom stereocenters. The summed E-state index contributed by atoms with van der Waals surface area (Å²) in [5.74, 6) is -2.23. The van der Waals surface area contributed by atoms with E-state index < -0.39 is 28.7 Å². The number of rotatable bonds is 4. The number of esters is 1. The minimum Gasteiger partial charge on any atom is -0.465 e. The van der Waals surface area contributed by atoms with E-state index in [9.17, 15) is 19.5 Å². The van der Waals surface area contributed by atoms with E-state index in [0.717, 1.165) is 24.8 Å². The van der Waals surface area contributed by atoms with Crippen LogP contribution in [0.5, 0.6) is 0 Å². The molecule has 2 fully saturated rings. The first-order valence-electron chi connectivity index (χ1n) is 12.9. The van der Waals surface area contributed by atoms with Crippen molar-refractivity contribution >= 4 is 29.5 Å². The zero-order valence-electron chi connectivity index (χ0n) is 20.8. The minimum absolute atomic E-state index is 0.0606. The topological polar surface area (TPSA) is 87.2 Å². The Morgan fingerprint density at radius 2 is 1.89 bits per heavy atom. The van der Waals surface area contributed by atoms with Gasteiger partial charge in [0.15, 0.2) is 0 Å². The Bertz CT molecular complexity index is 1070. The number of fused-ring (bicyclic) bond motifs is 2. The minimum atomic E-state index is -0.924. The Balaban J connectivity index is 1.67. The second-order valence-corrected chi connectivity index (χ2v) is 11.8. The fraction of sp³-hybridized carbons (Fsp3) is 0.536. The van der Waals surface area contributed by atoms with E-state index in [2.05, 4.69) is 6.08 Å². The number of amides is 2. The number of thioether (sulfide) groups is 1. The van der Waals surface area contributed by atoms with Crippen molar-refractivity contribution in [2.45, 2.75) is 61.2 Å². The van der Waals surface area contributed by atoms with Crippen molar-refractivity contribution in [1.29, 1.82) is 0 Å². The first-order valence-corrected chi connectivity index (χ1v) is 13.8. The van der Waals surface area contributed by atoms with Gasteiger partial charge in [0.2, 0.25) is 11.8 Å². The van der Waals surface area contributed by atoms with Gasteiger partial charge >= 0.3 is 5.97 Å². The third kappa shape index (κ3) is 3.98. The molecule has 4 aliphatic rings. The molecule has 192 valence electrons. The molecule has 36 heavy (non-hydrogen) atoms. The van der Waals surface area contributed by atoms with E-state index in [0.29, 0.717) is 13.2 Å². The fourth-order valence-corrected chi connectivity index (χ4v) is 8.19. The molecule has 2 saturated heterocycles. The fourth-order valence-electron chi connectivity index (χ4n) is 6.20. The molecule has 2 amide bonds. The van der Waals surface area contributed by atoms with Crippen LogP contribution >= 0.6 is 11.8 Å². The van der Waals surface area contributed by atoms with Crippen LogP contribution in [0.4, 0.5) is 0 Å². The summed E-state index contributed by atoms with van der Waals surface area (Å²) in [4.78, 5) is 45.4. The van der Waals surface area contributed by atoms with E-state index >= 15 is 0 Å². The molecule has 1 aromatic carbocycles. The van der Waals surface area contributed by atoms with Crippen LogP contribution in [-0.4, -0.2) is 74.5 Å². The quantitative estimate of drug-likeness (QED) is 0.495. The maximum Gasteiger partial charge on any atom is 0.311 e. The maximum atomic E-state index is 14.4. The van der Waals surface area contributed by atoms with Gasteiger partial charge in [0.25, 0.3) is 0 Å². The number of aliphatic hydroxyl groups is 1. The van der Waals surface area contributed by atoms with Crippen LogP contribution in [0.15, 0.2) is 54.6 Å². The lowest BCUT2D eigenvalue weighted by Crippen LogP contribution is -2.55. The van der Waals surface area contributed by atoms with Gasteiger partial charge in [-0.15, -0.1) is 11.8 Å². The van der Waals surface area contributed by atoms with Crippen LogP contribution in [0.2, 0.25) is 0 Å². The Morgan fingerprint density at radius 1 is 1.11 bits per heavy atom. The van der Waals surface area contributed by atoms with Crippen LogP contribution in [0, 0.1) is 11.8 Å². The molecule has 1 unspecified atom stereocenters. The predicted octanol–water partition coefficient (Wildman–Crippen LogP) is 3.11. The van der Waals surface area contributed by atoms with Crippen LogP contribution in [-0.2, 0) is 19.1 Å². The number of hydrogen-bond donors (Lipinski definition) is 1. The van der Waals surface area contributed by atoms with Gasteiger partial charge in [0.1, 0.15) is 6.04 Å². The molecule has 5 rings (SSSR count). The van der Waals surface area contributed by atoms with Crippen molar-refractivity contribution in [2.24, 2.45) is 11.8 Å². The summed E-state index contributed by atoms with van der Waals surface area (Å²) in [5.41, 5.74) is 0.760. The van der Waals surface area contributed by atoms with Crippen LogP contribution in [0.3, 0.4) is 0 Å². The van der Waals surface area contributed by atoms with Gasteiger partial charge in [-0.1, -0.05) is 54.6 Å². The highest BCUT2D eigenvalue weighted by Crippen LogP contribution is 2.61. The second kappa shape index (κ2) is 10.1. The van der Waals surface area contributed by atoms with E-state index in [1.807, 2.05) is 62.4 Å². The summed E-state index contributed by atoms with van der Waals surface area (Å²) in [7, 11) is 0. The van der Waals surface area contributed by atoms with Gasteiger partial charge in [-0.05, 0) is 38.7 Å². The standard InChI is InChI=1S/C28H34N2O5S/c1-18(2)29-15-10-14-28-23(22-21(36-28)13-8-3-4-9-16-35-27(22)34)25(32)30(24(28)26(29)33)20(17-31)19-11-6-5-7-12-19/h5-8,10-14,18,20-24,31H,3-4,9,15-17H2,1-2H3/b13-8-/t20-,21+,22-,23+,24?,28+/m1/s1. The smallest absolute Gasteiger partial charge is 0.311 e. The van der Waals surface area contributed by atoms with Crippen LogP contribution in [0.25, 0.3) is 0 Å². The highest BCUT2D eigenvalue weighted by molar-refractivity contribution is 8.02. The van der Waals surface area contributed by atoms with Crippen molar-refractivity contribution in [3.05, 3.63) is 60.2 Å². The SMILES string of the molecule is CC(C)N1CC=C[C@]23S[C@H]4/C=C\CCCCOC(=O)[C@H]4[C@H]2C(=O)N([C@H](CO)c2ccccc2)C3C1=O. The van der Waals surface area contributed by atoms with Crippen molar-refractivity contribution in [3.8, 4) is 0 Å². The number of carbonyl (C=O) groups excluding carboxylic acids is 3. The molecule has 4 aliphatic heterocycles. The first-order chi connectivity index (χ1) is 17.4. The van der Waals surface area contributed by atoms with Gasteiger partial charge in [0.05, 0.1) is 35.8 Å². The van der Waals surface area contributed by atoms with Crippen LogP contribution in [0.1, 0.15) is 44.7 Å². The number of carbonyl (C=O) groups is 3. The third-order valence-corrected chi connectivity index (χ3v) is 9.63. The lowest BCUT2D eigenvalue weighted by molar-refractivity contribution is -0.154. The molecule has 7 nitrogen and oxygen atoms in total. The Kier molecular flexibility index (Phi) is 7.01. The van der Waals surface area contributed by atoms with Gasteiger partial charge in [-0.2, -0.15) is 0 Å². The summed E-state index contributed by atoms with van der Waals surface area (Å²) < 4.78 is 4.74. The lowest BCUT2D eigenvalue weighted by atomic mass is 9.78. The predicted molar refractivity (Wildman–Crippen MR) is 138 cm³/mol. The molecule has 4 heterocycles. The number of benzene rings is 1. The molecular weight excluding hydrogens is 476 g/mol. The molecular formula is C28H34N2O5S. The lowest BCUT2D eigenvalue weighted by Gasteiger charge is -2.39. The van der Waals surface area contributed by atoms with Gasteiger partial charge in [0, 0.05) is 17.8 Å². The highest BCUT2D eigenvalue weighted by Gasteiger charge is 2.71. The summed E-state index contributed by atoms with van der Waals surface area (Å²) in [6.45, 7) is 4.38. The monoisotopic (exact) mass is 510 g/mol. The first kappa shape index (κ1) is 25.1. The number of cyclic esters (lactones) is 1. The number of allylic oxidation sites excluding steroid dienone is 1. The number of ether oxygens (including phenoxy) is 1. The normalized spacial score (nSPS) is 34.1. The number of nitrogens with zero attached hydrogens (tertiary/aromatic N) is 2. The zero-order chi connectivity index (χ0) is 25.4. The number of likely N-dealkylation sites (tertiary alicyclic amines) is 1. The molecule has 0 bridgehead atoms. The van der Waals surface area contributed by atoms with Crippen molar-refractivity contribution < 1.29 is 24.2 Å². The van der Waals surface area contributed by atoms with Gasteiger partial charge in [-0.25, -0.2) is 0 Å². The Morgan fingerprint density at radius 3 is 2.61 bits per heavy atom. The molecule has 0 radical (unpaired) electrons. The average Bonchev–Trinajstić information content (AvgIpc) is 3.25. The summed E-state index contributed by atoms with van der Waals surface area (Å²) in [6.07, 6.45) is 10.7. The van der Waals surface area contributed by atoms with Crippen molar-refractivity contribution in [3.63, 3.8) is 0 Å². The average molecular weight is 511 g/mol. The largest absolute Gasteiger partial charge is 0.465 e. The van der Waals surface area contributed by atoms with E-state index in [4.69, 9.17) is 4.74 Å². The highest BCUT2D eigenvalue weighted by atomic mass is 32.2. The maximum absolute atomic E-state index is 14.4. The number of aliphatic hydroxyl groups excluding tert-OH is 1. The molecule has 1 aromatic rings. The van der Waals surface area contributed by atoms with Gasteiger partial charge in [-0.3, -0.25) is 14.4 Å². The molecule has 0 aromatic heterocycles. The zero-order valence-corrected chi connectivity index (χ0v) is 21.6. The molecule has 1 spiro atoms. The van der Waals surface area contributed by atoms with Gasteiger partial charge < -0.3 is 19.6 Å². The summed E-state index contributed by atoms with van der Waals surface area (Å²) >= 11 is 1.53. The van der Waals surface area contributed by atoms with E-state index in [1.165, 1.54) is 11.8 Å². The summed E-state index contributed by atoms with van der Waals surface area (Å²) in [6, 6.07) is 7.73. The molecule has 0 saturated carbocycles. The van der Waals surface area contributed by atoms with Crippen molar-refractivity contribution in [1.82, 2.24) is 9.80 Å². The van der Waals surface area contributed by atoms with Crippen LogP contribution < -0.4 is 0 Å². The van der Waals surface area contributed by atoms with E-state index in [-0.39, 0.29) is 35.7 Å². The molecule has 8 heteroatoms. The second-order valence-electron chi connectivity index (χ2n) is 10.3. The Labute approximate surface area is 216 Å². The molecule has 0 aliphatic carbocycles. The Hall–Kier alpha value is -2.58. The molecule has 1 N–H and O–H groups in total.